The zero-order valence-electron chi connectivity index (χ0n) is 12.2. The maximum atomic E-state index is 11.5. The molecule has 1 fully saturated rings. The Hall–Kier alpha value is -2.30. The summed E-state index contributed by atoms with van der Waals surface area (Å²) in [5, 5.41) is 1.08. The smallest absolute Gasteiger partial charge is 0.219 e. The largest absolute Gasteiger partial charge is 0.397 e. The lowest BCUT2D eigenvalue weighted by Crippen LogP contribution is -2.33. The van der Waals surface area contributed by atoms with Crippen LogP contribution in [0.4, 0.5) is 11.4 Å². The van der Waals surface area contributed by atoms with E-state index >= 15 is 0 Å². The molecule has 3 rings (SSSR count). The number of rotatable bonds is 1. The van der Waals surface area contributed by atoms with Gasteiger partial charge in [0, 0.05) is 50.4 Å². The van der Waals surface area contributed by atoms with Gasteiger partial charge in [0.05, 0.1) is 11.2 Å². The van der Waals surface area contributed by atoms with Crippen LogP contribution in [0, 0.1) is 0 Å². The Morgan fingerprint density at radius 1 is 1.19 bits per heavy atom. The molecule has 0 spiro atoms. The quantitative estimate of drug-likeness (QED) is 0.812. The first-order valence-electron chi connectivity index (χ1n) is 7.30. The highest BCUT2D eigenvalue weighted by Gasteiger charge is 2.18. The number of benzene rings is 1. The Bertz CT molecular complexity index is 670. The number of nitrogens with two attached hydrogens (primary N) is 1. The highest BCUT2D eigenvalue weighted by atomic mass is 16.2. The van der Waals surface area contributed by atoms with Crippen LogP contribution < -0.4 is 10.6 Å². The van der Waals surface area contributed by atoms with Crippen LogP contribution in [0.3, 0.4) is 0 Å². The molecule has 5 heteroatoms. The van der Waals surface area contributed by atoms with E-state index in [0.717, 1.165) is 49.2 Å². The number of hydrogen-bond donors (Lipinski definition) is 1. The molecule has 0 bridgehead atoms. The topological polar surface area (TPSA) is 62.5 Å². The highest BCUT2D eigenvalue weighted by Crippen LogP contribution is 2.29. The Morgan fingerprint density at radius 2 is 2.05 bits per heavy atom. The molecular weight excluding hydrogens is 264 g/mol. The van der Waals surface area contributed by atoms with E-state index < -0.39 is 0 Å². The summed E-state index contributed by atoms with van der Waals surface area (Å²) >= 11 is 0. The number of fused-ring (bicyclic) bond motifs is 1. The number of nitrogens with zero attached hydrogens (tertiary/aromatic N) is 3. The number of nitrogen functional groups attached to an aromatic ring is 1. The molecule has 1 amide bonds. The average molecular weight is 284 g/mol. The minimum Gasteiger partial charge on any atom is -0.397 e. The third-order valence-corrected chi connectivity index (χ3v) is 4.06. The van der Waals surface area contributed by atoms with Gasteiger partial charge in [0.1, 0.15) is 0 Å². The summed E-state index contributed by atoms with van der Waals surface area (Å²) < 4.78 is 0. The van der Waals surface area contributed by atoms with Gasteiger partial charge < -0.3 is 15.5 Å². The van der Waals surface area contributed by atoms with Gasteiger partial charge in [-0.05, 0) is 18.6 Å². The Kier molecular flexibility index (Phi) is 3.64. The van der Waals surface area contributed by atoms with E-state index in [9.17, 15) is 4.79 Å². The first kappa shape index (κ1) is 13.7. The standard InChI is InChI=1S/C16H20N4O/c1-12(21)19-8-3-9-20(11-10-19)15-6-7-18-16-13(15)4-2-5-14(16)17/h2,4-7H,3,8-11,17H2,1H3. The van der Waals surface area contributed by atoms with Gasteiger partial charge in [0.15, 0.2) is 0 Å². The van der Waals surface area contributed by atoms with Crippen LogP contribution in [-0.4, -0.2) is 42.0 Å². The molecule has 1 aromatic heterocycles. The van der Waals surface area contributed by atoms with Gasteiger partial charge in [0.2, 0.25) is 5.91 Å². The summed E-state index contributed by atoms with van der Waals surface area (Å²) in [7, 11) is 0. The van der Waals surface area contributed by atoms with Gasteiger partial charge in [-0.2, -0.15) is 0 Å². The first-order chi connectivity index (χ1) is 10.2. The monoisotopic (exact) mass is 284 g/mol. The molecule has 2 heterocycles. The van der Waals surface area contributed by atoms with Crippen molar-refractivity contribution in [2.24, 2.45) is 0 Å². The van der Waals surface area contributed by atoms with Crippen LogP contribution >= 0.6 is 0 Å². The fraction of sp³-hybridized carbons (Fsp3) is 0.375. The molecule has 1 saturated heterocycles. The van der Waals surface area contributed by atoms with Crippen molar-refractivity contribution in [3.63, 3.8) is 0 Å². The zero-order valence-corrected chi connectivity index (χ0v) is 12.2. The van der Waals surface area contributed by atoms with Crippen LogP contribution in [0.15, 0.2) is 30.5 Å². The molecule has 21 heavy (non-hydrogen) atoms. The van der Waals surface area contributed by atoms with E-state index in [1.54, 1.807) is 6.92 Å². The lowest BCUT2D eigenvalue weighted by atomic mass is 10.1. The summed E-state index contributed by atoms with van der Waals surface area (Å²) in [5.41, 5.74) is 8.72. The zero-order chi connectivity index (χ0) is 14.8. The van der Waals surface area contributed by atoms with Crippen LogP contribution in [0.1, 0.15) is 13.3 Å². The number of anilines is 2. The number of para-hydroxylation sites is 1. The van der Waals surface area contributed by atoms with Crippen molar-refractivity contribution in [1.29, 1.82) is 0 Å². The number of amides is 1. The SMILES string of the molecule is CC(=O)N1CCCN(c2ccnc3c(N)cccc23)CC1. The molecule has 0 atom stereocenters. The Morgan fingerprint density at radius 3 is 2.86 bits per heavy atom. The molecule has 0 radical (unpaired) electrons. The van der Waals surface area contributed by atoms with Crippen molar-refractivity contribution in [1.82, 2.24) is 9.88 Å². The summed E-state index contributed by atoms with van der Waals surface area (Å²) in [5.74, 6) is 0.153. The fourth-order valence-electron chi connectivity index (χ4n) is 2.93. The van der Waals surface area contributed by atoms with E-state index in [1.807, 2.05) is 29.3 Å². The number of aromatic nitrogens is 1. The van der Waals surface area contributed by atoms with E-state index in [0.29, 0.717) is 5.69 Å². The summed E-state index contributed by atoms with van der Waals surface area (Å²) in [6.07, 6.45) is 2.79. The molecule has 0 aliphatic carbocycles. The van der Waals surface area contributed by atoms with Crippen molar-refractivity contribution in [2.75, 3.05) is 36.8 Å². The molecule has 0 unspecified atom stereocenters. The summed E-state index contributed by atoms with van der Waals surface area (Å²) in [6, 6.07) is 7.93. The Labute approximate surface area is 124 Å². The van der Waals surface area contributed by atoms with Gasteiger partial charge >= 0.3 is 0 Å². The normalized spacial score (nSPS) is 16.0. The molecule has 0 saturated carbocycles. The number of carbonyl (C=O) groups excluding carboxylic acids is 1. The second-order valence-corrected chi connectivity index (χ2v) is 5.42. The van der Waals surface area contributed by atoms with Gasteiger partial charge in [0.25, 0.3) is 0 Å². The highest BCUT2D eigenvalue weighted by molar-refractivity contribution is 5.98. The fourth-order valence-corrected chi connectivity index (χ4v) is 2.93. The average Bonchev–Trinajstić information content (AvgIpc) is 2.73. The second kappa shape index (κ2) is 5.60. The van der Waals surface area contributed by atoms with Gasteiger partial charge in [-0.25, -0.2) is 0 Å². The van der Waals surface area contributed by atoms with Crippen molar-refractivity contribution in [3.8, 4) is 0 Å². The molecular formula is C16H20N4O. The van der Waals surface area contributed by atoms with E-state index in [1.165, 1.54) is 0 Å². The van der Waals surface area contributed by atoms with Gasteiger partial charge in [-0.15, -0.1) is 0 Å². The van der Waals surface area contributed by atoms with Crippen molar-refractivity contribution in [2.45, 2.75) is 13.3 Å². The third-order valence-electron chi connectivity index (χ3n) is 4.06. The molecule has 2 N–H and O–H groups in total. The molecule has 2 aromatic rings. The van der Waals surface area contributed by atoms with Crippen LogP contribution in [-0.2, 0) is 4.79 Å². The predicted molar refractivity (Wildman–Crippen MR) is 85.2 cm³/mol. The molecule has 1 aliphatic rings. The number of hydrogen-bond acceptors (Lipinski definition) is 4. The maximum absolute atomic E-state index is 11.5. The van der Waals surface area contributed by atoms with Gasteiger partial charge in [-0.1, -0.05) is 12.1 Å². The third kappa shape index (κ3) is 2.63. The maximum Gasteiger partial charge on any atom is 0.219 e. The molecule has 110 valence electrons. The van der Waals surface area contributed by atoms with Crippen molar-refractivity contribution < 1.29 is 4.79 Å². The minimum absolute atomic E-state index is 0.153. The number of carbonyl (C=O) groups is 1. The summed E-state index contributed by atoms with van der Waals surface area (Å²) in [6.45, 7) is 5.02. The lowest BCUT2D eigenvalue weighted by molar-refractivity contribution is -0.128. The number of pyridine rings is 1. The van der Waals surface area contributed by atoms with E-state index in [-0.39, 0.29) is 5.91 Å². The first-order valence-corrected chi connectivity index (χ1v) is 7.30. The van der Waals surface area contributed by atoms with E-state index in [2.05, 4.69) is 16.0 Å². The Balaban J connectivity index is 1.94. The minimum atomic E-state index is 0.153. The van der Waals surface area contributed by atoms with Crippen molar-refractivity contribution in [3.05, 3.63) is 30.5 Å². The molecule has 1 aromatic carbocycles. The van der Waals surface area contributed by atoms with Crippen LogP contribution in [0.5, 0.6) is 0 Å². The van der Waals surface area contributed by atoms with E-state index in [4.69, 9.17) is 5.73 Å². The van der Waals surface area contributed by atoms with Crippen LogP contribution in [0.25, 0.3) is 10.9 Å². The van der Waals surface area contributed by atoms with Crippen molar-refractivity contribution >= 4 is 28.2 Å². The lowest BCUT2D eigenvalue weighted by Gasteiger charge is -2.24. The van der Waals surface area contributed by atoms with Crippen LogP contribution in [0.2, 0.25) is 0 Å². The molecule has 5 nitrogen and oxygen atoms in total. The summed E-state index contributed by atoms with van der Waals surface area (Å²) in [4.78, 5) is 20.2. The predicted octanol–water partition coefficient (Wildman–Crippen LogP) is 1.88. The van der Waals surface area contributed by atoms with Gasteiger partial charge in [-0.3, -0.25) is 9.78 Å². The second-order valence-electron chi connectivity index (χ2n) is 5.42. The molecule has 1 aliphatic heterocycles.